The molecule has 1 aromatic rings. The molecule has 1 aliphatic rings. The summed E-state index contributed by atoms with van der Waals surface area (Å²) in [5.41, 5.74) is 0.391. The van der Waals surface area contributed by atoms with Crippen LogP contribution in [-0.4, -0.2) is 55.1 Å². The highest BCUT2D eigenvalue weighted by Crippen LogP contribution is 2.25. The smallest absolute Gasteiger partial charge is 0.165 e. The van der Waals surface area contributed by atoms with Crippen LogP contribution in [0.2, 0.25) is 0 Å². The average molecular weight is 297 g/mol. The van der Waals surface area contributed by atoms with Gasteiger partial charge in [-0.15, -0.1) is 0 Å². The second kappa shape index (κ2) is 6.73. The van der Waals surface area contributed by atoms with Crippen molar-refractivity contribution in [3.8, 4) is 5.75 Å². The summed E-state index contributed by atoms with van der Waals surface area (Å²) in [6.07, 6.45) is -0.172. The summed E-state index contributed by atoms with van der Waals surface area (Å²) in [6.45, 7) is 7.02. The molecule has 0 bridgehead atoms. The van der Waals surface area contributed by atoms with E-state index in [0.717, 1.165) is 18.7 Å². The van der Waals surface area contributed by atoms with Crippen molar-refractivity contribution >= 4 is 0 Å². The number of aliphatic hydroxyl groups excluding tert-OH is 1. The Morgan fingerprint density at radius 1 is 1.38 bits per heavy atom. The van der Waals surface area contributed by atoms with Crippen LogP contribution in [0.4, 0.5) is 4.39 Å². The molecule has 1 aromatic carbocycles. The number of halogens is 1. The largest absolute Gasteiger partial charge is 0.494 e. The minimum Gasteiger partial charge on any atom is -0.494 e. The number of morpholine rings is 1. The Hall–Kier alpha value is -1.17. The van der Waals surface area contributed by atoms with E-state index in [1.807, 2.05) is 13.8 Å². The Morgan fingerprint density at radius 3 is 2.62 bits per heavy atom. The Balaban J connectivity index is 2.05. The minimum atomic E-state index is -0.580. The molecule has 1 saturated heterocycles. The van der Waals surface area contributed by atoms with Crippen LogP contribution in [0.5, 0.6) is 5.75 Å². The summed E-state index contributed by atoms with van der Waals surface area (Å²) in [5, 5.41) is 10.6. The molecule has 0 aliphatic carbocycles. The average Bonchev–Trinajstić information content (AvgIpc) is 2.48. The van der Waals surface area contributed by atoms with E-state index in [1.54, 1.807) is 12.1 Å². The molecule has 118 valence electrons. The molecule has 0 saturated carbocycles. The van der Waals surface area contributed by atoms with Gasteiger partial charge in [-0.25, -0.2) is 4.39 Å². The highest BCUT2D eigenvalue weighted by Gasteiger charge is 2.35. The van der Waals surface area contributed by atoms with E-state index in [4.69, 9.17) is 9.47 Å². The molecule has 1 aliphatic heterocycles. The van der Waals surface area contributed by atoms with Crippen molar-refractivity contribution in [2.75, 3.05) is 33.4 Å². The van der Waals surface area contributed by atoms with Gasteiger partial charge in [0.15, 0.2) is 11.6 Å². The number of methoxy groups -OCH3 is 1. The molecule has 0 radical (unpaired) electrons. The predicted molar refractivity (Wildman–Crippen MR) is 79.1 cm³/mol. The van der Waals surface area contributed by atoms with Gasteiger partial charge in [-0.1, -0.05) is 6.07 Å². The van der Waals surface area contributed by atoms with Gasteiger partial charge in [0.1, 0.15) is 0 Å². The number of hydrogen-bond donors (Lipinski definition) is 1. The SMILES string of the molecule is COc1ccc(CC(O)C(C)(C)N2CCOCC2)cc1F. The normalized spacial score (nSPS) is 18.5. The Kier molecular flexibility index (Phi) is 5.19. The number of benzene rings is 1. The molecular formula is C16H24FNO3. The fraction of sp³-hybridized carbons (Fsp3) is 0.625. The minimum absolute atomic E-state index is 0.223. The molecule has 1 fully saturated rings. The van der Waals surface area contributed by atoms with E-state index in [0.29, 0.717) is 19.6 Å². The van der Waals surface area contributed by atoms with E-state index < -0.39 is 11.9 Å². The summed E-state index contributed by atoms with van der Waals surface area (Å²) in [6, 6.07) is 4.82. The van der Waals surface area contributed by atoms with Gasteiger partial charge < -0.3 is 14.6 Å². The van der Waals surface area contributed by atoms with Crippen LogP contribution in [-0.2, 0) is 11.2 Å². The van der Waals surface area contributed by atoms with Crippen LogP contribution in [0.15, 0.2) is 18.2 Å². The van der Waals surface area contributed by atoms with Gasteiger partial charge in [-0.2, -0.15) is 0 Å². The van der Waals surface area contributed by atoms with Crippen LogP contribution < -0.4 is 4.74 Å². The molecule has 0 spiro atoms. The molecule has 21 heavy (non-hydrogen) atoms. The monoisotopic (exact) mass is 297 g/mol. The predicted octanol–water partition coefficient (Wildman–Crippen LogP) is 1.85. The Labute approximate surface area is 125 Å². The number of hydrogen-bond acceptors (Lipinski definition) is 4. The van der Waals surface area contributed by atoms with Gasteiger partial charge >= 0.3 is 0 Å². The third-order valence-corrected chi connectivity index (χ3v) is 4.29. The molecule has 0 aromatic heterocycles. The van der Waals surface area contributed by atoms with Gasteiger partial charge in [0.2, 0.25) is 0 Å². The summed E-state index contributed by atoms with van der Waals surface area (Å²) in [7, 11) is 1.44. The maximum absolute atomic E-state index is 13.7. The van der Waals surface area contributed by atoms with Gasteiger partial charge in [-0.05, 0) is 31.5 Å². The zero-order chi connectivity index (χ0) is 15.5. The molecule has 0 amide bonds. The second-order valence-electron chi connectivity index (χ2n) is 5.94. The first-order valence-electron chi connectivity index (χ1n) is 7.28. The van der Waals surface area contributed by atoms with Crippen LogP contribution in [0.3, 0.4) is 0 Å². The van der Waals surface area contributed by atoms with Crippen molar-refractivity contribution in [1.29, 1.82) is 0 Å². The lowest BCUT2D eigenvalue weighted by atomic mass is 9.89. The van der Waals surface area contributed by atoms with E-state index in [1.165, 1.54) is 13.2 Å². The number of nitrogens with zero attached hydrogens (tertiary/aromatic N) is 1. The Bertz CT molecular complexity index is 473. The van der Waals surface area contributed by atoms with Crippen molar-refractivity contribution in [3.05, 3.63) is 29.6 Å². The van der Waals surface area contributed by atoms with E-state index in [-0.39, 0.29) is 11.3 Å². The summed E-state index contributed by atoms with van der Waals surface area (Å²) in [5.74, 6) is -0.174. The maximum Gasteiger partial charge on any atom is 0.165 e. The summed E-state index contributed by atoms with van der Waals surface area (Å²) in [4.78, 5) is 2.22. The molecule has 2 rings (SSSR count). The lowest BCUT2D eigenvalue weighted by Gasteiger charge is -2.43. The van der Waals surface area contributed by atoms with Crippen molar-refractivity contribution in [1.82, 2.24) is 4.90 Å². The highest BCUT2D eigenvalue weighted by atomic mass is 19.1. The van der Waals surface area contributed by atoms with E-state index in [9.17, 15) is 9.50 Å². The van der Waals surface area contributed by atoms with Gasteiger partial charge in [-0.3, -0.25) is 4.90 Å². The second-order valence-corrected chi connectivity index (χ2v) is 5.94. The fourth-order valence-corrected chi connectivity index (χ4v) is 2.66. The Morgan fingerprint density at radius 2 is 2.05 bits per heavy atom. The lowest BCUT2D eigenvalue weighted by Crippen LogP contribution is -2.56. The quantitative estimate of drug-likeness (QED) is 0.900. The first kappa shape index (κ1) is 16.2. The molecule has 1 N–H and O–H groups in total. The molecule has 1 unspecified atom stereocenters. The van der Waals surface area contributed by atoms with Crippen molar-refractivity contribution < 1.29 is 19.0 Å². The first-order valence-corrected chi connectivity index (χ1v) is 7.28. The highest BCUT2D eigenvalue weighted by molar-refractivity contribution is 5.29. The molecule has 5 heteroatoms. The third-order valence-electron chi connectivity index (χ3n) is 4.29. The molecule has 1 heterocycles. The number of aliphatic hydroxyl groups is 1. The number of rotatable bonds is 5. The number of ether oxygens (including phenoxy) is 2. The molecule has 1 atom stereocenters. The zero-order valence-electron chi connectivity index (χ0n) is 12.9. The van der Waals surface area contributed by atoms with E-state index in [2.05, 4.69) is 4.90 Å². The standard InChI is InChI=1S/C16H24FNO3/c1-16(2,18-6-8-21-9-7-18)15(19)11-12-4-5-14(20-3)13(17)10-12/h4-5,10,15,19H,6-9,11H2,1-3H3. The van der Waals surface area contributed by atoms with Crippen LogP contribution in [0, 0.1) is 5.82 Å². The van der Waals surface area contributed by atoms with Crippen LogP contribution in [0.1, 0.15) is 19.4 Å². The topological polar surface area (TPSA) is 41.9 Å². The van der Waals surface area contributed by atoms with Crippen molar-refractivity contribution in [3.63, 3.8) is 0 Å². The summed E-state index contributed by atoms with van der Waals surface area (Å²) < 4.78 is 24.0. The summed E-state index contributed by atoms with van der Waals surface area (Å²) >= 11 is 0. The van der Waals surface area contributed by atoms with Crippen LogP contribution >= 0.6 is 0 Å². The molecule has 4 nitrogen and oxygen atoms in total. The van der Waals surface area contributed by atoms with Gasteiger partial charge in [0, 0.05) is 25.0 Å². The molecular weight excluding hydrogens is 273 g/mol. The third kappa shape index (κ3) is 3.73. The van der Waals surface area contributed by atoms with Gasteiger partial charge in [0.05, 0.1) is 26.4 Å². The first-order chi connectivity index (χ1) is 9.95. The van der Waals surface area contributed by atoms with Crippen molar-refractivity contribution in [2.45, 2.75) is 31.9 Å². The van der Waals surface area contributed by atoms with Crippen molar-refractivity contribution in [2.24, 2.45) is 0 Å². The lowest BCUT2D eigenvalue weighted by molar-refractivity contribution is -0.0612. The van der Waals surface area contributed by atoms with Gasteiger partial charge in [0.25, 0.3) is 0 Å². The fourth-order valence-electron chi connectivity index (χ4n) is 2.66. The maximum atomic E-state index is 13.7. The van der Waals surface area contributed by atoms with E-state index >= 15 is 0 Å². The van der Waals surface area contributed by atoms with Crippen LogP contribution in [0.25, 0.3) is 0 Å². The zero-order valence-corrected chi connectivity index (χ0v) is 12.9.